The Labute approximate surface area is 141 Å². The van der Waals surface area contributed by atoms with Crippen molar-refractivity contribution in [3.8, 4) is 5.75 Å². The SMILES string of the molecule is COC(=O)c1cc(OC)ccc1NC(=O)[C@@H]1CN(C(C)C)CCO1. The Morgan fingerprint density at radius 2 is 2.08 bits per heavy atom. The van der Waals surface area contributed by atoms with Crippen molar-refractivity contribution in [2.24, 2.45) is 0 Å². The number of esters is 1. The third kappa shape index (κ3) is 4.24. The molecule has 1 aliphatic heterocycles. The summed E-state index contributed by atoms with van der Waals surface area (Å²) in [6.45, 7) is 5.99. The van der Waals surface area contributed by atoms with Gasteiger partial charge < -0.3 is 19.5 Å². The molecule has 2 rings (SSSR count). The van der Waals surface area contributed by atoms with E-state index in [1.165, 1.54) is 20.3 Å². The van der Waals surface area contributed by atoms with Crippen LogP contribution in [0, 0.1) is 0 Å². The summed E-state index contributed by atoms with van der Waals surface area (Å²) in [5, 5.41) is 2.76. The largest absolute Gasteiger partial charge is 0.497 e. The number of carbonyl (C=O) groups excluding carboxylic acids is 2. The third-order valence-electron chi connectivity index (χ3n) is 4.01. The van der Waals surface area contributed by atoms with E-state index in [9.17, 15) is 9.59 Å². The van der Waals surface area contributed by atoms with E-state index in [4.69, 9.17) is 14.2 Å². The van der Waals surface area contributed by atoms with E-state index in [0.29, 0.717) is 30.6 Å². The van der Waals surface area contributed by atoms with Crippen LogP contribution < -0.4 is 10.1 Å². The number of ether oxygens (including phenoxy) is 3. The summed E-state index contributed by atoms with van der Waals surface area (Å²) in [6, 6.07) is 5.16. The molecule has 7 nitrogen and oxygen atoms in total. The highest BCUT2D eigenvalue weighted by molar-refractivity contribution is 6.02. The van der Waals surface area contributed by atoms with Gasteiger partial charge in [0.05, 0.1) is 32.1 Å². The first-order chi connectivity index (χ1) is 11.5. The summed E-state index contributed by atoms with van der Waals surface area (Å²) in [5.74, 6) is -0.318. The second-order valence-electron chi connectivity index (χ2n) is 5.84. The van der Waals surface area contributed by atoms with Gasteiger partial charge in [-0.3, -0.25) is 9.69 Å². The first-order valence-electron chi connectivity index (χ1n) is 7.89. The van der Waals surface area contributed by atoms with E-state index in [0.717, 1.165) is 6.54 Å². The van der Waals surface area contributed by atoms with E-state index in [2.05, 4.69) is 24.1 Å². The summed E-state index contributed by atoms with van der Waals surface area (Å²) in [5.41, 5.74) is 0.611. The Morgan fingerprint density at radius 1 is 1.33 bits per heavy atom. The Hall–Kier alpha value is -2.12. The quantitative estimate of drug-likeness (QED) is 0.822. The number of nitrogens with one attached hydrogen (secondary N) is 1. The first kappa shape index (κ1) is 18.2. The minimum atomic E-state index is -0.575. The Balaban J connectivity index is 2.15. The molecular formula is C17H24N2O5. The molecule has 0 saturated carbocycles. The van der Waals surface area contributed by atoms with E-state index in [-0.39, 0.29) is 11.5 Å². The monoisotopic (exact) mass is 336 g/mol. The van der Waals surface area contributed by atoms with Gasteiger partial charge in [0.15, 0.2) is 0 Å². The van der Waals surface area contributed by atoms with Crippen LogP contribution in [0.3, 0.4) is 0 Å². The van der Waals surface area contributed by atoms with Crippen molar-refractivity contribution in [2.45, 2.75) is 26.0 Å². The van der Waals surface area contributed by atoms with Gasteiger partial charge in [-0.2, -0.15) is 0 Å². The van der Waals surface area contributed by atoms with Gasteiger partial charge in [0.25, 0.3) is 5.91 Å². The molecule has 0 unspecified atom stereocenters. The van der Waals surface area contributed by atoms with Crippen molar-refractivity contribution >= 4 is 17.6 Å². The minimum absolute atomic E-state index is 0.238. The zero-order valence-electron chi connectivity index (χ0n) is 14.5. The van der Waals surface area contributed by atoms with Crippen molar-refractivity contribution in [3.63, 3.8) is 0 Å². The molecular weight excluding hydrogens is 312 g/mol. The number of morpholine rings is 1. The number of hydrogen-bond donors (Lipinski definition) is 1. The number of methoxy groups -OCH3 is 2. The second-order valence-corrected chi connectivity index (χ2v) is 5.84. The second kappa shape index (κ2) is 8.12. The molecule has 0 aromatic heterocycles. The molecule has 1 N–H and O–H groups in total. The number of amides is 1. The molecule has 1 amide bonds. The number of carbonyl (C=O) groups is 2. The lowest BCUT2D eigenvalue weighted by molar-refractivity contribution is -0.133. The van der Waals surface area contributed by atoms with Gasteiger partial charge >= 0.3 is 5.97 Å². The van der Waals surface area contributed by atoms with Gasteiger partial charge in [0, 0.05) is 19.1 Å². The predicted molar refractivity (Wildman–Crippen MR) is 89.4 cm³/mol. The summed E-state index contributed by atoms with van der Waals surface area (Å²) in [7, 11) is 2.79. The molecule has 24 heavy (non-hydrogen) atoms. The minimum Gasteiger partial charge on any atom is -0.497 e. The lowest BCUT2D eigenvalue weighted by Crippen LogP contribution is -2.50. The van der Waals surface area contributed by atoms with E-state index in [1.54, 1.807) is 12.1 Å². The Kier molecular flexibility index (Phi) is 6.16. The molecule has 0 aliphatic carbocycles. The molecule has 1 aliphatic rings. The highest BCUT2D eigenvalue weighted by Gasteiger charge is 2.28. The summed E-state index contributed by atoms with van der Waals surface area (Å²) in [6.07, 6.45) is -0.575. The zero-order chi connectivity index (χ0) is 17.7. The maximum Gasteiger partial charge on any atom is 0.340 e. The molecule has 1 heterocycles. The van der Waals surface area contributed by atoms with Gasteiger partial charge in [0.2, 0.25) is 0 Å². The average molecular weight is 336 g/mol. The molecule has 1 saturated heterocycles. The van der Waals surface area contributed by atoms with Crippen LogP contribution in [-0.2, 0) is 14.3 Å². The van der Waals surface area contributed by atoms with E-state index in [1.807, 2.05) is 0 Å². The van der Waals surface area contributed by atoms with Gasteiger partial charge in [-0.1, -0.05) is 0 Å². The smallest absolute Gasteiger partial charge is 0.340 e. The van der Waals surface area contributed by atoms with Crippen molar-refractivity contribution in [2.75, 3.05) is 39.2 Å². The van der Waals surface area contributed by atoms with Crippen LogP contribution in [0.2, 0.25) is 0 Å². The Morgan fingerprint density at radius 3 is 2.71 bits per heavy atom. The zero-order valence-corrected chi connectivity index (χ0v) is 14.5. The summed E-state index contributed by atoms with van der Waals surface area (Å²) >= 11 is 0. The number of rotatable bonds is 5. The number of nitrogens with zero attached hydrogens (tertiary/aromatic N) is 1. The standard InChI is InChI=1S/C17H24N2O5/c1-11(2)19-7-8-24-15(10-19)16(20)18-14-6-5-12(22-3)9-13(14)17(21)23-4/h5-6,9,11,15H,7-8,10H2,1-4H3,(H,18,20)/t15-/m0/s1. The first-order valence-corrected chi connectivity index (χ1v) is 7.89. The normalized spacial score (nSPS) is 18.3. The molecule has 1 fully saturated rings. The van der Waals surface area contributed by atoms with Gasteiger partial charge in [-0.05, 0) is 32.0 Å². The van der Waals surface area contributed by atoms with Crippen LogP contribution in [0.15, 0.2) is 18.2 Å². The lowest BCUT2D eigenvalue weighted by atomic mass is 10.1. The molecule has 1 atom stereocenters. The number of anilines is 1. The molecule has 132 valence electrons. The van der Waals surface area contributed by atoms with Crippen molar-refractivity contribution in [3.05, 3.63) is 23.8 Å². The van der Waals surface area contributed by atoms with Gasteiger partial charge in [0.1, 0.15) is 11.9 Å². The molecule has 7 heteroatoms. The van der Waals surface area contributed by atoms with Crippen LogP contribution in [0.1, 0.15) is 24.2 Å². The topological polar surface area (TPSA) is 77.1 Å². The molecule has 0 bridgehead atoms. The third-order valence-corrected chi connectivity index (χ3v) is 4.01. The van der Waals surface area contributed by atoms with Crippen LogP contribution in [0.25, 0.3) is 0 Å². The summed E-state index contributed by atoms with van der Waals surface area (Å²) in [4.78, 5) is 26.6. The Bertz CT molecular complexity index is 603. The fourth-order valence-electron chi connectivity index (χ4n) is 2.55. The van der Waals surface area contributed by atoms with E-state index < -0.39 is 12.1 Å². The highest BCUT2D eigenvalue weighted by Crippen LogP contribution is 2.23. The van der Waals surface area contributed by atoms with Gasteiger partial charge in [-0.15, -0.1) is 0 Å². The fraction of sp³-hybridized carbons (Fsp3) is 0.529. The van der Waals surface area contributed by atoms with Crippen molar-refractivity contribution < 1.29 is 23.8 Å². The van der Waals surface area contributed by atoms with Crippen LogP contribution in [-0.4, -0.2) is 62.8 Å². The predicted octanol–water partition coefficient (Wildman–Crippen LogP) is 1.53. The van der Waals surface area contributed by atoms with Crippen LogP contribution >= 0.6 is 0 Å². The molecule has 0 radical (unpaired) electrons. The van der Waals surface area contributed by atoms with E-state index >= 15 is 0 Å². The molecule has 1 aromatic carbocycles. The van der Waals surface area contributed by atoms with Gasteiger partial charge in [-0.25, -0.2) is 4.79 Å². The molecule has 1 aromatic rings. The summed E-state index contributed by atoms with van der Waals surface area (Å²) < 4.78 is 15.5. The highest BCUT2D eigenvalue weighted by atomic mass is 16.5. The van der Waals surface area contributed by atoms with Crippen molar-refractivity contribution in [1.29, 1.82) is 0 Å². The number of benzene rings is 1. The average Bonchev–Trinajstić information content (AvgIpc) is 2.61. The molecule has 0 spiro atoms. The van der Waals surface area contributed by atoms with Crippen molar-refractivity contribution in [1.82, 2.24) is 4.90 Å². The fourth-order valence-corrected chi connectivity index (χ4v) is 2.55. The van der Waals surface area contributed by atoms with Crippen LogP contribution in [0.5, 0.6) is 5.75 Å². The number of hydrogen-bond acceptors (Lipinski definition) is 6. The van der Waals surface area contributed by atoms with Crippen LogP contribution in [0.4, 0.5) is 5.69 Å². The lowest BCUT2D eigenvalue weighted by Gasteiger charge is -2.34. The maximum absolute atomic E-state index is 12.5. The maximum atomic E-state index is 12.5.